The molecule has 310 valence electrons. The second-order valence-corrected chi connectivity index (χ2v) is 27.0. The molecule has 0 aliphatic carbocycles. The van der Waals surface area contributed by atoms with Gasteiger partial charge in [0.05, 0.1) is 0 Å². The fourth-order valence-electron chi connectivity index (χ4n) is 8.88. The molecule has 0 amide bonds. The van der Waals surface area contributed by atoms with Crippen molar-refractivity contribution in [1.82, 2.24) is 0 Å². The van der Waals surface area contributed by atoms with Crippen LogP contribution in [-0.2, 0) is 0 Å². The maximum absolute atomic E-state index is 2.41. The minimum atomic E-state index is -0.793. The zero-order valence-corrected chi connectivity index (χ0v) is 40.2. The van der Waals surface area contributed by atoms with E-state index in [2.05, 4.69) is 273 Å². The van der Waals surface area contributed by atoms with Crippen LogP contribution in [0.4, 0.5) is 0 Å². The van der Waals surface area contributed by atoms with Crippen LogP contribution in [0.5, 0.6) is 0 Å². The molecular weight excluding hydrogens is 876 g/mol. The maximum atomic E-state index is 2.41. The standard InChI is InChI=1S/C60H45P5/c1-6-16-46(17-7-1)61-51-26-30-53(31-27-51)62(47-18-8-2-9-19-47)55-34-38-57(39-35-55)64(49-22-12-4-13-23-49)59-42-44-60(45-43-59)65(50-24-14-5-15-25-50)58-40-36-56(37-41-58)63(48-20-10-3-11-21-48)54-32-28-52(61)29-33-54/h1-45H. The van der Waals surface area contributed by atoms with Crippen LogP contribution in [0.3, 0.4) is 0 Å². The minimum absolute atomic E-state index is 0.793. The molecule has 0 radical (unpaired) electrons. The van der Waals surface area contributed by atoms with Crippen molar-refractivity contribution in [3.8, 4) is 26.5 Å². The molecular formula is C60H45P5. The Morgan fingerprint density at radius 2 is 0.231 bits per heavy atom. The summed E-state index contributed by atoms with van der Waals surface area (Å²) in [5, 5.41) is 20.4. The van der Waals surface area contributed by atoms with Gasteiger partial charge in [-0.15, -0.1) is 0 Å². The van der Waals surface area contributed by atoms with Gasteiger partial charge in [-0.1, -0.05) is 189 Å². The van der Waals surface area contributed by atoms with E-state index < -0.39 is 37.7 Å². The van der Waals surface area contributed by atoms with E-state index in [0.717, 1.165) is 0 Å². The number of benzene rings is 10. The second-order valence-electron chi connectivity index (χ2n) is 15.9. The Labute approximate surface area is 386 Å². The van der Waals surface area contributed by atoms with Gasteiger partial charge in [0.1, 0.15) is 0 Å². The molecule has 0 saturated heterocycles. The van der Waals surface area contributed by atoms with Crippen molar-refractivity contribution in [2.45, 2.75) is 0 Å². The Morgan fingerprint density at radius 1 is 0.123 bits per heavy atom. The van der Waals surface area contributed by atoms with Crippen LogP contribution in [0.1, 0.15) is 0 Å². The van der Waals surface area contributed by atoms with Crippen LogP contribution >= 0.6 is 37.7 Å². The Bertz CT molecular complexity index is 2870. The second kappa shape index (κ2) is 19.0. The molecule has 0 saturated carbocycles. The monoisotopic (exact) mass is 920 g/mol. The molecule has 6 heterocycles. The molecule has 6 aromatic heterocycles. The van der Waals surface area contributed by atoms with Gasteiger partial charge >= 0.3 is 0 Å². The van der Waals surface area contributed by atoms with Crippen molar-refractivity contribution < 1.29 is 0 Å². The quantitative estimate of drug-likeness (QED) is 0.161. The molecule has 0 fully saturated rings. The number of rotatable bonds is 5. The molecule has 10 aromatic carbocycles. The molecule has 0 unspecified atom stereocenters. The van der Waals surface area contributed by atoms with Crippen LogP contribution in [0.15, 0.2) is 273 Å². The predicted molar refractivity (Wildman–Crippen MR) is 296 cm³/mol. The van der Waals surface area contributed by atoms with Crippen LogP contribution in [0.2, 0.25) is 0 Å². The van der Waals surface area contributed by atoms with E-state index in [0.29, 0.717) is 0 Å². The van der Waals surface area contributed by atoms with Crippen LogP contribution in [0, 0.1) is 0 Å². The molecule has 0 atom stereocenters. The molecule has 10 bridgehead atoms. The van der Waals surface area contributed by atoms with Gasteiger partial charge in [0.15, 0.2) is 0 Å². The third kappa shape index (κ3) is 8.67. The van der Waals surface area contributed by atoms with Crippen molar-refractivity contribution in [2.75, 3.05) is 0 Å². The third-order valence-electron chi connectivity index (χ3n) is 11.9. The number of fused-ring (bicyclic) bond motifs is 5. The highest BCUT2D eigenvalue weighted by atomic mass is 31.1. The zero-order valence-electron chi connectivity index (χ0n) is 35.7. The first-order valence-electron chi connectivity index (χ1n) is 22.0. The van der Waals surface area contributed by atoms with Crippen molar-refractivity contribution in [1.29, 1.82) is 0 Å². The highest BCUT2D eigenvalue weighted by Crippen LogP contribution is 2.55. The summed E-state index contributed by atoms with van der Waals surface area (Å²) in [6, 6.07) is 104. The van der Waals surface area contributed by atoms with Crippen molar-refractivity contribution >= 4 is 88.8 Å². The van der Waals surface area contributed by atoms with Crippen molar-refractivity contribution in [2.24, 2.45) is 0 Å². The van der Waals surface area contributed by atoms with Crippen molar-refractivity contribution in [3.63, 3.8) is 0 Å². The van der Waals surface area contributed by atoms with Crippen molar-refractivity contribution in [3.05, 3.63) is 273 Å². The third-order valence-corrected chi connectivity index (χ3v) is 24.1. The fourth-order valence-corrected chi connectivity index (χ4v) is 20.2. The van der Waals surface area contributed by atoms with Crippen LogP contribution < -0.4 is 0 Å². The fraction of sp³-hybridized carbons (Fsp3) is 0. The lowest BCUT2D eigenvalue weighted by molar-refractivity contribution is 1.76. The molecule has 5 heteroatoms. The smallest absolute Gasteiger partial charge is 0.00102 e. The first-order valence-corrected chi connectivity index (χ1v) is 28.7. The SMILES string of the molecule is c1ccc(-p2c3ccc(cc3)p(-c3ccccc3)c3ccc(cc3)p(-c3ccccc3)c3ccc(cc3)p(-c3ccccc3)c3ccc(cc3)p(-c3ccccc3)c3ccc2cc3)cc1. The first-order chi connectivity index (χ1) is 32.2. The van der Waals surface area contributed by atoms with Gasteiger partial charge in [-0.3, -0.25) is 0 Å². The van der Waals surface area contributed by atoms with Gasteiger partial charge in [0.25, 0.3) is 0 Å². The minimum Gasteiger partial charge on any atom is -0.0785 e. The normalized spacial score (nSPS) is 12.5. The molecule has 0 aliphatic heterocycles. The average molecular weight is 921 g/mol. The summed E-state index contributed by atoms with van der Waals surface area (Å²) >= 11 is 0. The van der Waals surface area contributed by atoms with Gasteiger partial charge in [-0.2, -0.15) is 0 Å². The summed E-state index contributed by atoms with van der Waals surface area (Å²) in [6.45, 7) is 0. The largest absolute Gasteiger partial charge is 0.0785 e. The lowest BCUT2D eigenvalue weighted by atomic mass is 10.4. The summed E-state index contributed by atoms with van der Waals surface area (Å²) in [4.78, 5) is 0. The molecule has 0 aliphatic rings. The molecule has 0 spiro atoms. The highest BCUT2D eigenvalue weighted by molar-refractivity contribution is 7.68. The Balaban J connectivity index is 1.27. The molecule has 65 heavy (non-hydrogen) atoms. The lowest BCUT2D eigenvalue weighted by Crippen LogP contribution is -1.73. The lowest BCUT2D eigenvalue weighted by Gasteiger charge is -2.11. The Kier molecular flexibility index (Phi) is 12.1. The van der Waals surface area contributed by atoms with E-state index in [1.54, 1.807) is 0 Å². The average Bonchev–Trinajstić information content (AvgIpc) is 3.38. The Morgan fingerprint density at radius 3 is 0.338 bits per heavy atom. The predicted octanol–water partition coefficient (Wildman–Crippen LogP) is 21.3. The summed E-state index contributed by atoms with van der Waals surface area (Å²) in [5.74, 6) is 0. The van der Waals surface area contributed by atoms with Crippen LogP contribution in [-0.4, -0.2) is 0 Å². The van der Waals surface area contributed by atoms with E-state index in [-0.39, 0.29) is 0 Å². The maximum Gasteiger partial charge on any atom is -0.00102 e. The van der Waals surface area contributed by atoms with Gasteiger partial charge < -0.3 is 0 Å². The van der Waals surface area contributed by atoms with E-state index in [1.807, 2.05) is 0 Å². The van der Waals surface area contributed by atoms with Gasteiger partial charge in [-0.05, 0) is 199 Å². The zero-order chi connectivity index (χ0) is 43.4. The summed E-state index contributed by atoms with van der Waals surface area (Å²) in [6.07, 6.45) is 0. The molecule has 0 N–H and O–H groups in total. The van der Waals surface area contributed by atoms with Crippen LogP contribution in [0.25, 0.3) is 77.7 Å². The summed E-state index contributed by atoms with van der Waals surface area (Å²) < 4.78 is 0. The topological polar surface area (TPSA) is 0 Å². The summed E-state index contributed by atoms with van der Waals surface area (Å²) in [7, 11) is -3.96. The molecule has 16 aromatic rings. The molecule has 0 nitrogen and oxygen atoms in total. The highest BCUT2D eigenvalue weighted by Gasteiger charge is 2.10. The van der Waals surface area contributed by atoms with Gasteiger partial charge in [0, 0.05) is 0 Å². The van der Waals surface area contributed by atoms with Gasteiger partial charge in [0.2, 0.25) is 0 Å². The number of hydrogen-bond acceptors (Lipinski definition) is 0. The molecule has 16 rings (SSSR count). The number of hydrogen-bond donors (Lipinski definition) is 0. The van der Waals surface area contributed by atoms with E-state index in [9.17, 15) is 0 Å². The van der Waals surface area contributed by atoms with E-state index in [1.165, 1.54) is 77.7 Å². The first kappa shape index (κ1) is 41.4. The summed E-state index contributed by atoms with van der Waals surface area (Å²) in [5.41, 5.74) is 0. The van der Waals surface area contributed by atoms with E-state index >= 15 is 0 Å². The van der Waals surface area contributed by atoms with E-state index in [4.69, 9.17) is 0 Å². The Hall–Kier alpha value is -6.30. The van der Waals surface area contributed by atoms with Gasteiger partial charge in [-0.25, -0.2) is 0 Å².